The van der Waals surface area contributed by atoms with Crippen LogP contribution in [0.4, 0.5) is 4.39 Å². The molecule has 0 heterocycles. The summed E-state index contributed by atoms with van der Waals surface area (Å²) in [5, 5.41) is -0.152. The number of benzene rings is 1. The van der Waals surface area contributed by atoms with Crippen LogP contribution in [0.5, 0.6) is 0 Å². The van der Waals surface area contributed by atoms with Crippen LogP contribution in [0.3, 0.4) is 0 Å². The van der Waals surface area contributed by atoms with Crippen molar-refractivity contribution in [2.75, 3.05) is 6.54 Å². The van der Waals surface area contributed by atoms with E-state index in [4.69, 9.17) is 17.3 Å². The Morgan fingerprint density at radius 2 is 2.06 bits per heavy atom. The molecule has 0 aliphatic rings. The van der Waals surface area contributed by atoms with E-state index in [9.17, 15) is 12.8 Å². The summed E-state index contributed by atoms with van der Waals surface area (Å²) in [6.45, 7) is 3.89. The van der Waals surface area contributed by atoms with Gasteiger partial charge < -0.3 is 5.73 Å². The molecule has 0 aliphatic heterocycles. The van der Waals surface area contributed by atoms with Crippen molar-refractivity contribution >= 4 is 21.6 Å². The average molecular weight is 295 g/mol. The summed E-state index contributed by atoms with van der Waals surface area (Å²) in [6.07, 6.45) is 0. The van der Waals surface area contributed by atoms with Gasteiger partial charge in [0.25, 0.3) is 0 Å². The summed E-state index contributed by atoms with van der Waals surface area (Å²) in [7, 11) is -3.76. The number of nitrogens with one attached hydrogen (secondary N) is 1. The highest BCUT2D eigenvalue weighted by Gasteiger charge is 2.19. The fourth-order valence-corrected chi connectivity index (χ4v) is 2.81. The average Bonchev–Trinajstić information content (AvgIpc) is 2.25. The zero-order chi connectivity index (χ0) is 13.9. The molecule has 0 aliphatic carbocycles. The van der Waals surface area contributed by atoms with Gasteiger partial charge in [-0.3, -0.25) is 0 Å². The zero-order valence-electron chi connectivity index (χ0n) is 10.2. The standard InChI is InChI=1S/C11H16ClFN2O2S/c1-7(2)10(14)6-15-18(16,17)11-4-3-8(13)5-9(11)12/h3-5,7,10,15H,6,14H2,1-2H3. The Hall–Kier alpha value is -0.690. The van der Waals surface area contributed by atoms with Gasteiger partial charge in [-0.15, -0.1) is 0 Å². The van der Waals surface area contributed by atoms with Gasteiger partial charge in [-0.05, 0) is 24.1 Å². The van der Waals surface area contributed by atoms with Crippen LogP contribution in [-0.2, 0) is 10.0 Å². The summed E-state index contributed by atoms with van der Waals surface area (Å²) in [4.78, 5) is -0.151. The first-order chi connectivity index (χ1) is 8.24. The largest absolute Gasteiger partial charge is 0.326 e. The minimum Gasteiger partial charge on any atom is -0.326 e. The van der Waals surface area contributed by atoms with Crippen molar-refractivity contribution in [2.45, 2.75) is 24.8 Å². The van der Waals surface area contributed by atoms with Crippen LogP contribution in [0.1, 0.15) is 13.8 Å². The minimum absolute atomic E-state index is 0.105. The van der Waals surface area contributed by atoms with Gasteiger partial charge in [0.1, 0.15) is 10.7 Å². The van der Waals surface area contributed by atoms with Crippen molar-refractivity contribution in [2.24, 2.45) is 11.7 Å². The van der Waals surface area contributed by atoms with Gasteiger partial charge in [-0.1, -0.05) is 25.4 Å². The van der Waals surface area contributed by atoms with Gasteiger partial charge in [0.05, 0.1) is 5.02 Å². The van der Waals surface area contributed by atoms with E-state index in [1.807, 2.05) is 13.8 Å². The summed E-state index contributed by atoms with van der Waals surface area (Å²) >= 11 is 5.70. The molecule has 4 nitrogen and oxygen atoms in total. The van der Waals surface area contributed by atoms with Crippen LogP contribution in [0.2, 0.25) is 5.02 Å². The van der Waals surface area contributed by atoms with Crippen molar-refractivity contribution in [3.05, 3.63) is 29.0 Å². The maximum absolute atomic E-state index is 12.8. The van der Waals surface area contributed by atoms with Crippen molar-refractivity contribution in [3.63, 3.8) is 0 Å². The van der Waals surface area contributed by atoms with Gasteiger partial charge in [0.15, 0.2) is 0 Å². The molecule has 18 heavy (non-hydrogen) atoms. The summed E-state index contributed by atoms with van der Waals surface area (Å²) < 4.78 is 39.0. The number of hydrogen-bond donors (Lipinski definition) is 2. The summed E-state index contributed by atoms with van der Waals surface area (Å²) in [6, 6.07) is 2.83. The third-order valence-corrected chi connectivity index (χ3v) is 4.46. The van der Waals surface area contributed by atoms with E-state index in [2.05, 4.69) is 4.72 Å². The molecular formula is C11H16ClFN2O2S. The van der Waals surface area contributed by atoms with Crippen LogP contribution >= 0.6 is 11.6 Å². The van der Waals surface area contributed by atoms with E-state index in [0.29, 0.717) is 0 Å². The molecule has 0 bridgehead atoms. The van der Waals surface area contributed by atoms with E-state index in [-0.39, 0.29) is 28.4 Å². The van der Waals surface area contributed by atoms with Crippen molar-refractivity contribution in [1.29, 1.82) is 0 Å². The Labute approximate surface area is 111 Å². The van der Waals surface area contributed by atoms with Gasteiger partial charge in [0.2, 0.25) is 10.0 Å². The molecule has 102 valence electrons. The normalized spacial score (nSPS) is 13.9. The third kappa shape index (κ3) is 3.91. The first kappa shape index (κ1) is 15.4. The highest BCUT2D eigenvalue weighted by molar-refractivity contribution is 7.89. The molecular weight excluding hydrogens is 279 g/mol. The molecule has 0 saturated heterocycles. The Morgan fingerprint density at radius 1 is 1.44 bits per heavy atom. The Bertz CT molecular complexity index is 520. The van der Waals surface area contributed by atoms with Crippen LogP contribution < -0.4 is 10.5 Å². The molecule has 0 radical (unpaired) electrons. The van der Waals surface area contributed by atoms with Gasteiger partial charge in [0, 0.05) is 12.6 Å². The molecule has 0 fully saturated rings. The maximum atomic E-state index is 12.8. The molecule has 0 spiro atoms. The fourth-order valence-electron chi connectivity index (χ4n) is 1.21. The number of halogens is 2. The van der Waals surface area contributed by atoms with Crippen molar-refractivity contribution < 1.29 is 12.8 Å². The molecule has 0 aromatic heterocycles. The Balaban J connectivity index is 2.87. The van der Waals surface area contributed by atoms with Crippen LogP contribution in [0.15, 0.2) is 23.1 Å². The van der Waals surface area contributed by atoms with Crippen LogP contribution in [0, 0.1) is 11.7 Å². The predicted molar refractivity (Wildman–Crippen MR) is 69.4 cm³/mol. The molecule has 0 saturated carbocycles. The van der Waals surface area contributed by atoms with Crippen LogP contribution in [0.25, 0.3) is 0 Å². The predicted octanol–water partition coefficient (Wildman–Crippen LogP) is 1.74. The Kier molecular flexibility index (Phi) is 5.10. The highest BCUT2D eigenvalue weighted by atomic mass is 35.5. The van der Waals surface area contributed by atoms with E-state index in [0.717, 1.165) is 18.2 Å². The molecule has 1 unspecified atom stereocenters. The SMILES string of the molecule is CC(C)C(N)CNS(=O)(=O)c1ccc(F)cc1Cl. The first-order valence-electron chi connectivity index (χ1n) is 5.44. The fraction of sp³-hybridized carbons (Fsp3) is 0.455. The molecule has 1 aromatic rings. The number of sulfonamides is 1. The van der Waals surface area contributed by atoms with Crippen molar-refractivity contribution in [3.8, 4) is 0 Å². The molecule has 0 amide bonds. The van der Waals surface area contributed by atoms with Gasteiger partial charge in [-0.25, -0.2) is 17.5 Å². The van der Waals surface area contributed by atoms with Gasteiger partial charge >= 0.3 is 0 Å². The third-order valence-electron chi connectivity index (χ3n) is 2.55. The topological polar surface area (TPSA) is 72.2 Å². The molecule has 7 heteroatoms. The smallest absolute Gasteiger partial charge is 0.242 e. The Morgan fingerprint density at radius 3 is 2.56 bits per heavy atom. The molecule has 1 atom stereocenters. The lowest BCUT2D eigenvalue weighted by molar-refractivity contribution is 0.481. The van der Waals surface area contributed by atoms with E-state index < -0.39 is 15.8 Å². The molecule has 1 rings (SSSR count). The maximum Gasteiger partial charge on any atom is 0.242 e. The lowest BCUT2D eigenvalue weighted by Gasteiger charge is -2.16. The quantitative estimate of drug-likeness (QED) is 0.869. The van der Waals surface area contributed by atoms with Crippen molar-refractivity contribution in [1.82, 2.24) is 4.72 Å². The summed E-state index contributed by atoms with van der Waals surface area (Å²) in [5.74, 6) is -0.436. The van der Waals surface area contributed by atoms with Gasteiger partial charge in [-0.2, -0.15) is 0 Å². The second kappa shape index (κ2) is 5.97. The summed E-state index contributed by atoms with van der Waals surface area (Å²) in [5.41, 5.74) is 5.74. The first-order valence-corrected chi connectivity index (χ1v) is 7.30. The van der Waals surface area contributed by atoms with E-state index in [1.165, 1.54) is 0 Å². The van der Waals surface area contributed by atoms with Crippen LogP contribution in [-0.4, -0.2) is 21.0 Å². The number of hydrogen-bond acceptors (Lipinski definition) is 3. The lowest BCUT2D eigenvalue weighted by atomic mass is 10.1. The minimum atomic E-state index is -3.76. The molecule has 1 aromatic carbocycles. The second-order valence-electron chi connectivity index (χ2n) is 4.33. The number of nitrogens with two attached hydrogens (primary N) is 1. The molecule has 3 N–H and O–H groups in total. The lowest BCUT2D eigenvalue weighted by Crippen LogP contribution is -2.40. The second-order valence-corrected chi connectivity index (χ2v) is 6.48. The highest BCUT2D eigenvalue weighted by Crippen LogP contribution is 2.21. The number of rotatable bonds is 5. The van der Waals surface area contributed by atoms with E-state index in [1.54, 1.807) is 0 Å². The zero-order valence-corrected chi connectivity index (χ0v) is 11.7. The van der Waals surface area contributed by atoms with E-state index >= 15 is 0 Å². The monoisotopic (exact) mass is 294 g/mol.